The Morgan fingerprint density at radius 3 is 2.09 bits per heavy atom. The Morgan fingerprint density at radius 1 is 0.943 bits per heavy atom. The third-order valence-electron chi connectivity index (χ3n) is 12.2. The summed E-state index contributed by atoms with van der Waals surface area (Å²) >= 11 is 0. The standard InChI is InChI=1S/C38H72N2O12.Mg/c1-15-27-38(10,46)31(42)24(6)40(13)19-20(2)17-36(8,45)33(52-35-29(41)26(39(11)12)16-21(3)48-35)22(4)30(23(5)34(44)50-27)51-28-18-37(9,47-14)32(43)25(7)49-28;/h20-33,35,41-43,45-46H,15-19H2,1-14H3;/q;+2/t20-,21-,22+,23-,24-,25+,26+,27-,28+,29-,30+,31-,32+,33-,35+,36-,37-,38-;/m1./s1. The molecule has 3 aliphatic heterocycles. The Kier molecular flexibility index (Phi) is 18.0. The Hall–Kier alpha value is -0.244. The first-order chi connectivity index (χ1) is 23.9. The number of hydrogen-bond donors (Lipinski definition) is 5. The van der Waals surface area contributed by atoms with E-state index in [0.717, 1.165) is 0 Å². The number of carbonyl (C=O) groups is 1. The van der Waals surface area contributed by atoms with Gasteiger partial charge in [0, 0.05) is 38.1 Å². The summed E-state index contributed by atoms with van der Waals surface area (Å²) < 4.78 is 37.5. The Morgan fingerprint density at radius 2 is 1.55 bits per heavy atom. The molecule has 3 fully saturated rings. The van der Waals surface area contributed by atoms with E-state index >= 15 is 0 Å². The summed E-state index contributed by atoms with van der Waals surface area (Å²) in [5, 5.41) is 58.1. The number of esters is 1. The Bertz CT molecular complexity index is 1150. The molecule has 3 heterocycles. The summed E-state index contributed by atoms with van der Waals surface area (Å²) in [7, 11) is 7.12. The van der Waals surface area contributed by atoms with Crippen molar-refractivity contribution in [3.8, 4) is 0 Å². The molecule has 0 saturated carbocycles. The zero-order valence-electron chi connectivity index (χ0n) is 34.9. The van der Waals surface area contributed by atoms with E-state index in [4.69, 9.17) is 28.4 Å². The largest absolute Gasteiger partial charge is 2.00 e. The molecule has 0 radical (unpaired) electrons. The maximum atomic E-state index is 14.2. The maximum Gasteiger partial charge on any atom is 2.00 e. The van der Waals surface area contributed by atoms with Gasteiger partial charge in [0.1, 0.15) is 30.0 Å². The number of nitrogens with zero attached hydrogens (tertiary/aromatic N) is 2. The van der Waals surface area contributed by atoms with E-state index in [-0.39, 0.29) is 60.4 Å². The third-order valence-corrected chi connectivity index (χ3v) is 12.2. The molecular weight excluding hydrogens is 701 g/mol. The molecule has 0 aromatic rings. The number of aliphatic hydroxyl groups is 5. The molecule has 18 atom stereocenters. The monoisotopic (exact) mass is 772 g/mol. The Labute approximate surface area is 334 Å². The second kappa shape index (κ2) is 19.5. The van der Waals surface area contributed by atoms with Gasteiger partial charge >= 0.3 is 29.0 Å². The summed E-state index contributed by atoms with van der Waals surface area (Å²) in [5.41, 5.74) is -4.37. The van der Waals surface area contributed by atoms with Crippen LogP contribution in [0.4, 0.5) is 0 Å². The van der Waals surface area contributed by atoms with Crippen molar-refractivity contribution in [3.63, 3.8) is 0 Å². The molecule has 53 heavy (non-hydrogen) atoms. The molecule has 0 amide bonds. The van der Waals surface area contributed by atoms with Crippen molar-refractivity contribution in [1.82, 2.24) is 9.80 Å². The zero-order chi connectivity index (χ0) is 39.7. The molecular formula is C38H72MgN2O12+2. The minimum atomic E-state index is -1.80. The molecule has 0 aromatic heterocycles. The number of aliphatic hydroxyl groups excluding tert-OH is 3. The van der Waals surface area contributed by atoms with Gasteiger partial charge in [0.2, 0.25) is 0 Å². The van der Waals surface area contributed by atoms with E-state index < -0.39 is 96.0 Å². The van der Waals surface area contributed by atoms with Gasteiger partial charge in [-0.05, 0) is 94.8 Å². The first-order valence-electron chi connectivity index (χ1n) is 19.1. The minimum absolute atomic E-state index is 0. The molecule has 15 heteroatoms. The van der Waals surface area contributed by atoms with Crippen molar-refractivity contribution in [3.05, 3.63) is 0 Å². The topological polar surface area (TPSA) is 180 Å². The van der Waals surface area contributed by atoms with Gasteiger partial charge < -0.3 is 63.8 Å². The molecule has 0 bridgehead atoms. The smallest absolute Gasteiger partial charge is 0.459 e. The molecule has 3 aliphatic rings. The third kappa shape index (κ3) is 11.2. The summed E-state index contributed by atoms with van der Waals surface area (Å²) in [5.74, 6) is -2.58. The molecule has 306 valence electrons. The summed E-state index contributed by atoms with van der Waals surface area (Å²) in [6, 6.07) is -0.808. The van der Waals surface area contributed by atoms with E-state index in [1.807, 2.05) is 51.7 Å². The summed E-state index contributed by atoms with van der Waals surface area (Å²) in [6.07, 6.45) is -8.19. The first-order valence-corrected chi connectivity index (χ1v) is 19.1. The second-order valence-electron chi connectivity index (χ2n) is 17.2. The molecule has 0 aliphatic carbocycles. The van der Waals surface area contributed by atoms with Crippen LogP contribution in [0.1, 0.15) is 94.9 Å². The number of ether oxygens (including phenoxy) is 6. The number of carbonyl (C=O) groups excluding carboxylic acids is 1. The fourth-order valence-corrected chi connectivity index (χ4v) is 8.74. The summed E-state index contributed by atoms with van der Waals surface area (Å²) in [4.78, 5) is 18.0. The van der Waals surface area contributed by atoms with Crippen molar-refractivity contribution in [1.29, 1.82) is 0 Å². The van der Waals surface area contributed by atoms with Gasteiger partial charge in [0.25, 0.3) is 0 Å². The van der Waals surface area contributed by atoms with Gasteiger partial charge in [0.05, 0.1) is 41.5 Å². The Balaban J connectivity index is 0.00000972. The van der Waals surface area contributed by atoms with E-state index in [0.29, 0.717) is 13.0 Å². The van der Waals surface area contributed by atoms with Gasteiger partial charge in [-0.1, -0.05) is 20.8 Å². The normalized spacial score (nSPS) is 48.7. The first kappa shape index (κ1) is 48.9. The average molecular weight is 773 g/mol. The predicted octanol–water partition coefficient (Wildman–Crippen LogP) is 1.52. The number of hydrogen-bond acceptors (Lipinski definition) is 14. The van der Waals surface area contributed by atoms with Crippen LogP contribution in [0, 0.1) is 17.8 Å². The van der Waals surface area contributed by atoms with Gasteiger partial charge in [-0.25, -0.2) is 0 Å². The van der Waals surface area contributed by atoms with Gasteiger partial charge in [-0.15, -0.1) is 0 Å². The fourth-order valence-electron chi connectivity index (χ4n) is 8.74. The van der Waals surface area contributed by atoms with Crippen LogP contribution in [0.3, 0.4) is 0 Å². The van der Waals surface area contributed by atoms with Gasteiger partial charge in [0.15, 0.2) is 12.6 Å². The number of rotatable bonds is 7. The van der Waals surface area contributed by atoms with Crippen molar-refractivity contribution >= 4 is 29.0 Å². The van der Waals surface area contributed by atoms with Gasteiger partial charge in [-0.2, -0.15) is 0 Å². The maximum absolute atomic E-state index is 14.2. The van der Waals surface area contributed by atoms with E-state index in [1.165, 1.54) is 14.0 Å². The molecule has 5 N–H and O–H groups in total. The fraction of sp³-hybridized carbons (Fsp3) is 0.974. The van der Waals surface area contributed by atoms with Crippen molar-refractivity contribution in [2.75, 3.05) is 34.8 Å². The van der Waals surface area contributed by atoms with E-state index in [1.54, 1.807) is 41.5 Å². The zero-order valence-corrected chi connectivity index (χ0v) is 36.3. The van der Waals surface area contributed by atoms with Crippen LogP contribution in [0.25, 0.3) is 0 Å². The van der Waals surface area contributed by atoms with Crippen LogP contribution in [-0.2, 0) is 33.2 Å². The van der Waals surface area contributed by atoms with Crippen LogP contribution < -0.4 is 0 Å². The molecule has 0 unspecified atom stereocenters. The van der Waals surface area contributed by atoms with Crippen LogP contribution in [-0.4, -0.2) is 189 Å². The molecule has 3 rings (SSSR count). The summed E-state index contributed by atoms with van der Waals surface area (Å²) in [6.45, 7) is 18.0. The quantitative estimate of drug-likeness (QED) is 0.186. The molecule has 0 spiro atoms. The van der Waals surface area contributed by atoms with Crippen molar-refractivity contribution in [2.24, 2.45) is 17.8 Å². The van der Waals surface area contributed by atoms with Crippen molar-refractivity contribution < 1.29 is 58.7 Å². The SMILES string of the molecule is CC[C@H]1OC(=O)[C@H](C)[C@@H](O[C@H]2C[C@@](C)(OC)[C@@H](O)[C@H](C)O2)[C@H](C)[C@@H](O[C@@H]2O[C@H](C)C[C@H](N(C)C)[C@H]2O)[C@](C)(O)C[C@@H](C)CN(C)[C@H](C)[C@@H](O)[C@]1(C)O.[Mg+2]. The number of cyclic esters (lactones) is 1. The number of likely N-dealkylation sites (N-methyl/N-ethyl adjacent to an activating group) is 2. The number of methoxy groups -OCH3 is 1. The van der Waals surface area contributed by atoms with Crippen LogP contribution >= 0.6 is 0 Å². The molecule has 0 aromatic carbocycles. The second-order valence-corrected chi connectivity index (χ2v) is 17.2. The molecule has 3 saturated heterocycles. The predicted molar refractivity (Wildman–Crippen MR) is 200 cm³/mol. The minimum Gasteiger partial charge on any atom is -0.459 e. The van der Waals surface area contributed by atoms with Gasteiger partial charge in [-0.3, -0.25) is 4.79 Å². The van der Waals surface area contributed by atoms with E-state index in [2.05, 4.69) is 0 Å². The van der Waals surface area contributed by atoms with Crippen LogP contribution in [0.15, 0.2) is 0 Å². The molecule has 14 nitrogen and oxygen atoms in total. The van der Waals surface area contributed by atoms with Crippen molar-refractivity contribution in [2.45, 2.75) is 185 Å². The average Bonchev–Trinajstić information content (AvgIpc) is 3.05. The van der Waals surface area contributed by atoms with Crippen LogP contribution in [0.2, 0.25) is 0 Å². The van der Waals surface area contributed by atoms with E-state index in [9.17, 15) is 30.3 Å². The van der Waals surface area contributed by atoms with Crippen LogP contribution in [0.5, 0.6) is 0 Å².